The Labute approximate surface area is 210 Å². The second-order valence-corrected chi connectivity index (χ2v) is 10.3. The molecule has 0 aliphatic carbocycles. The van der Waals surface area contributed by atoms with E-state index in [1.807, 2.05) is 19.9 Å². The normalized spacial score (nSPS) is 13.0. The van der Waals surface area contributed by atoms with Crippen molar-refractivity contribution < 1.29 is 27.5 Å². The standard InChI is InChI=1S/C26H27N3O6S/c1-17-11-18(2)13-19(12-17)29(36(32,33)20-9-10-23(34-3)24(14-20)35-4)16-26(31)28-15-25(30)27-21-7-5-6-8-22(21)28/h5-14H,15-16H2,1-4H3,(H,27,30). The number of aryl methyl sites for hydroxylation is 2. The lowest BCUT2D eigenvalue weighted by atomic mass is 10.1. The van der Waals surface area contributed by atoms with Crippen LogP contribution in [0.3, 0.4) is 0 Å². The molecule has 0 unspecified atom stereocenters. The third kappa shape index (κ3) is 4.85. The van der Waals surface area contributed by atoms with Crippen LogP contribution in [-0.4, -0.2) is 47.5 Å². The van der Waals surface area contributed by atoms with Crippen LogP contribution in [0.2, 0.25) is 0 Å². The number of nitrogens with zero attached hydrogens (tertiary/aromatic N) is 2. The molecule has 1 heterocycles. The van der Waals surface area contributed by atoms with Crippen LogP contribution in [0.4, 0.5) is 17.1 Å². The zero-order valence-electron chi connectivity index (χ0n) is 20.4. The number of benzene rings is 3. The summed E-state index contributed by atoms with van der Waals surface area (Å²) in [5.41, 5.74) is 3.01. The van der Waals surface area contributed by atoms with E-state index in [9.17, 15) is 18.0 Å². The highest BCUT2D eigenvalue weighted by Gasteiger charge is 2.33. The third-order valence-corrected chi connectivity index (χ3v) is 7.56. The average molecular weight is 510 g/mol. The first-order valence-corrected chi connectivity index (χ1v) is 12.6. The van der Waals surface area contributed by atoms with Crippen molar-refractivity contribution in [3.63, 3.8) is 0 Å². The molecule has 0 saturated carbocycles. The Morgan fingerprint density at radius 2 is 1.64 bits per heavy atom. The van der Waals surface area contributed by atoms with Gasteiger partial charge in [-0.3, -0.25) is 18.8 Å². The molecule has 188 valence electrons. The number of sulfonamides is 1. The van der Waals surface area contributed by atoms with Crippen molar-refractivity contribution >= 4 is 38.9 Å². The number of hydrogen-bond acceptors (Lipinski definition) is 6. The Kier molecular flexibility index (Phi) is 6.89. The number of ether oxygens (including phenoxy) is 2. The van der Waals surface area contributed by atoms with Crippen LogP contribution in [0.15, 0.2) is 65.6 Å². The van der Waals surface area contributed by atoms with Crippen LogP contribution in [0.25, 0.3) is 0 Å². The molecule has 1 aliphatic heterocycles. The van der Waals surface area contributed by atoms with Gasteiger partial charge in [0.15, 0.2) is 11.5 Å². The summed E-state index contributed by atoms with van der Waals surface area (Å²) in [5.74, 6) is -0.281. The van der Waals surface area contributed by atoms with Crippen LogP contribution in [0.1, 0.15) is 11.1 Å². The van der Waals surface area contributed by atoms with E-state index in [1.54, 1.807) is 36.4 Å². The summed E-state index contributed by atoms with van der Waals surface area (Å²) in [6.07, 6.45) is 0. The van der Waals surface area contributed by atoms with E-state index in [1.165, 1.54) is 37.3 Å². The SMILES string of the molecule is COc1ccc(S(=O)(=O)N(CC(=O)N2CC(=O)Nc3ccccc32)c2cc(C)cc(C)c2)cc1OC. The molecule has 0 spiro atoms. The number of carbonyl (C=O) groups excluding carboxylic acids is 2. The first kappa shape index (κ1) is 25.1. The Bertz CT molecular complexity index is 1420. The molecule has 0 aromatic heterocycles. The number of hydrogen-bond donors (Lipinski definition) is 1. The van der Waals surface area contributed by atoms with E-state index in [0.29, 0.717) is 22.8 Å². The molecular formula is C26H27N3O6S. The number of fused-ring (bicyclic) bond motifs is 1. The molecule has 36 heavy (non-hydrogen) atoms. The summed E-state index contributed by atoms with van der Waals surface area (Å²) in [5, 5.41) is 2.73. The molecule has 0 radical (unpaired) electrons. The lowest BCUT2D eigenvalue weighted by molar-refractivity contribution is -0.121. The van der Waals surface area contributed by atoms with Gasteiger partial charge in [0.05, 0.1) is 36.2 Å². The Morgan fingerprint density at radius 1 is 0.972 bits per heavy atom. The quantitative estimate of drug-likeness (QED) is 0.523. The van der Waals surface area contributed by atoms with Gasteiger partial charge in [-0.15, -0.1) is 0 Å². The fourth-order valence-electron chi connectivity index (χ4n) is 4.18. The molecular weight excluding hydrogens is 482 g/mol. The predicted molar refractivity (Wildman–Crippen MR) is 137 cm³/mol. The summed E-state index contributed by atoms with van der Waals surface area (Å²) in [7, 11) is -1.35. The van der Waals surface area contributed by atoms with Crippen molar-refractivity contribution in [2.45, 2.75) is 18.7 Å². The lowest BCUT2D eigenvalue weighted by Crippen LogP contribution is -2.48. The van der Waals surface area contributed by atoms with Gasteiger partial charge in [-0.25, -0.2) is 8.42 Å². The zero-order chi connectivity index (χ0) is 26.0. The minimum atomic E-state index is -4.22. The molecule has 2 amide bonds. The van der Waals surface area contributed by atoms with E-state index < -0.39 is 22.5 Å². The molecule has 4 rings (SSSR count). The van der Waals surface area contributed by atoms with E-state index in [2.05, 4.69) is 5.32 Å². The summed E-state index contributed by atoms with van der Waals surface area (Å²) < 4.78 is 39.5. The smallest absolute Gasteiger partial charge is 0.264 e. The summed E-state index contributed by atoms with van der Waals surface area (Å²) in [6.45, 7) is 2.98. The van der Waals surface area contributed by atoms with Gasteiger partial charge in [0.25, 0.3) is 10.0 Å². The van der Waals surface area contributed by atoms with Crippen molar-refractivity contribution in [1.82, 2.24) is 0 Å². The first-order valence-electron chi connectivity index (χ1n) is 11.2. The maximum atomic E-state index is 13.9. The van der Waals surface area contributed by atoms with E-state index in [0.717, 1.165) is 15.4 Å². The number of methoxy groups -OCH3 is 2. The molecule has 1 aliphatic rings. The van der Waals surface area contributed by atoms with E-state index >= 15 is 0 Å². The van der Waals surface area contributed by atoms with Crippen molar-refractivity contribution in [2.24, 2.45) is 0 Å². The number of anilines is 3. The molecule has 0 bridgehead atoms. The number of carbonyl (C=O) groups is 2. The van der Waals surface area contributed by atoms with Gasteiger partial charge in [0.1, 0.15) is 13.1 Å². The highest BCUT2D eigenvalue weighted by Crippen LogP contribution is 2.34. The molecule has 9 nitrogen and oxygen atoms in total. The topological polar surface area (TPSA) is 105 Å². The van der Waals surface area contributed by atoms with Gasteiger partial charge in [0, 0.05) is 6.07 Å². The van der Waals surface area contributed by atoms with Crippen LogP contribution >= 0.6 is 0 Å². The number of para-hydroxylation sites is 2. The molecule has 10 heteroatoms. The largest absolute Gasteiger partial charge is 0.493 e. The number of amides is 2. The van der Waals surface area contributed by atoms with Crippen LogP contribution in [-0.2, 0) is 19.6 Å². The minimum absolute atomic E-state index is 0.0658. The molecule has 0 atom stereocenters. The van der Waals surface area contributed by atoms with Crippen molar-refractivity contribution in [3.05, 3.63) is 71.8 Å². The van der Waals surface area contributed by atoms with E-state index in [-0.39, 0.29) is 23.1 Å². The Morgan fingerprint density at radius 3 is 2.31 bits per heavy atom. The number of rotatable bonds is 7. The van der Waals surface area contributed by atoms with Gasteiger partial charge < -0.3 is 14.8 Å². The Hall–Kier alpha value is -4.05. The maximum absolute atomic E-state index is 13.9. The highest BCUT2D eigenvalue weighted by molar-refractivity contribution is 7.92. The monoisotopic (exact) mass is 509 g/mol. The molecule has 0 saturated heterocycles. The summed E-state index contributed by atoms with van der Waals surface area (Å²) in [4.78, 5) is 27.1. The predicted octanol–water partition coefficient (Wildman–Crippen LogP) is 3.50. The van der Waals surface area contributed by atoms with Gasteiger partial charge in [-0.2, -0.15) is 0 Å². The lowest BCUT2D eigenvalue weighted by Gasteiger charge is -2.32. The molecule has 3 aromatic rings. The first-order chi connectivity index (χ1) is 17.1. The summed E-state index contributed by atoms with van der Waals surface area (Å²) >= 11 is 0. The fourth-order valence-corrected chi connectivity index (χ4v) is 5.59. The molecule has 3 aromatic carbocycles. The minimum Gasteiger partial charge on any atom is -0.493 e. The van der Waals surface area contributed by atoms with Gasteiger partial charge in [-0.05, 0) is 61.4 Å². The highest BCUT2D eigenvalue weighted by atomic mass is 32.2. The average Bonchev–Trinajstić information content (AvgIpc) is 2.85. The van der Waals surface area contributed by atoms with Crippen molar-refractivity contribution in [3.8, 4) is 11.5 Å². The molecule has 0 fully saturated rings. The van der Waals surface area contributed by atoms with Gasteiger partial charge in [-0.1, -0.05) is 18.2 Å². The van der Waals surface area contributed by atoms with Crippen molar-refractivity contribution in [2.75, 3.05) is 41.8 Å². The van der Waals surface area contributed by atoms with Gasteiger partial charge in [0.2, 0.25) is 11.8 Å². The van der Waals surface area contributed by atoms with Gasteiger partial charge >= 0.3 is 0 Å². The fraction of sp³-hybridized carbons (Fsp3) is 0.231. The van der Waals surface area contributed by atoms with Crippen LogP contribution in [0.5, 0.6) is 11.5 Å². The summed E-state index contributed by atoms with van der Waals surface area (Å²) in [6, 6.07) is 16.5. The third-order valence-electron chi connectivity index (χ3n) is 5.79. The Balaban J connectivity index is 1.79. The van der Waals surface area contributed by atoms with E-state index in [4.69, 9.17) is 9.47 Å². The van der Waals surface area contributed by atoms with Crippen LogP contribution < -0.4 is 24.0 Å². The zero-order valence-corrected chi connectivity index (χ0v) is 21.3. The second-order valence-electron chi connectivity index (χ2n) is 8.42. The molecule has 1 N–H and O–H groups in total. The van der Waals surface area contributed by atoms with Crippen molar-refractivity contribution in [1.29, 1.82) is 0 Å². The second kappa shape index (κ2) is 9.90. The maximum Gasteiger partial charge on any atom is 0.264 e. The number of nitrogens with one attached hydrogen (secondary N) is 1. The van der Waals surface area contributed by atoms with Crippen LogP contribution in [0, 0.1) is 13.8 Å².